The number of nitrogens with one attached hydrogen (secondary N) is 4. The zero-order valence-corrected chi connectivity index (χ0v) is 37.3. The van der Waals surface area contributed by atoms with Crippen molar-refractivity contribution in [1.29, 1.82) is 5.26 Å². The van der Waals surface area contributed by atoms with E-state index >= 15 is 4.39 Å². The minimum absolute atomic E-state index is 0.00367. The zero-order valence-electron chi connectivity index (χ0n) is 34.6. The van der Waals surface area contributed by atoms with Crippen LogP contribution in [0.4, 0.5) is 16.2 Å². The summed E-state index contributed by atoms with van der Waals surface area (Å²) in [5.74, 6) is -1.52. The number of H-pyrrole nitrogens is 2. The van der Waals surface area contributed by atoms with Gasteiger partial charge in [-0.1, -0.05) is 48.5 Å². The summed E-state index contributed by atoms with van der Waals surface area (Å²) in [6.45, 7) is -1.81. The number of anilines is 2. The van der Waals surface area contributed by atoms with Gasteiger partial charge in [0.25, 0.3) is 11.5 Å². The predicted octanol–water partition coefficient (Wildman–Crippen LogP) is 2.18. The topological polar surface area (TPSA) is 317 Å². The second-order valence-corrected chi connectivity index (χ2v) is 18.6. The highest BCUT2D eigenvalue weighted by atomic mass is 32.5. The average molecular weight is 969 g/mol. The fourth-order valence-electron chi connectivity index (χ4n) is 6.66. The maximum absolute atomic E-state index is 16.7. The Kier molecular flexibility index (Phi) is 14.8. The standard InChI is InChI=1S/C32H33FN13O11P2S.C5H5N/c1-15(2)27(47)39-32-38-26-22(29(49)40-32)42-44-46(26)30-18-11-17(54-30)12-53-59(60,52-10-6-9-34)57-23-19(13-51-58(50)56-18)55-31(20(23)33)45-25-21(41-43-45)24(35-14-36-25)37-28(48)16-7-4-3-5-8-16;1-2-4-6-5-3-1/h3-5,7-8,14-15,17-20,23,30-31H,6,10-13H2,1-2H3,(H,35,36,37,48)(H2,38,39,40,47,49);1-5H/q-1;/p+1/t17-,18-,19+,20-,23+,30+,31+,58?,59?;/m0./s1. The molecule has 25 nitrogen and oxygen atoms in total. The monoisotopic (exact) mass is 968 g/mol. The molecule has 1 aromatic carbocycles. The van der Waals surface area contributed by atoms with E-state index in [1.807, 2.05) is 36.7 Å². The largest absolute Gasteiger partial charge is 0.786 e. The van der Waals surface area contributed by atoms with E-state index in [0.29, 0.717) is 5.56 Å². The molecule has 8 heterocycles. The maximum atomic E-state index is 16.7. The fraction of sp³-hybridized carbons (Fsp3) is 0.405. The number of alkyl halides is 1. The van der Waals surface area contributed by atoms with Crippen LogP contribution in [0.1, 0.15) is 49.5 Å². The number of rotatable bonds is 9. The number of fused-ring (bicyclic) bond motifs is 5. The highest BCUT2D eigenvalue weighted by Gasteiger charge is 2.52. The summed E-state index contributed by atoms with van der Waals surface area (Å²) in [4.78, 5) is 69.6. The highest BCUT2D eigenvalue weighted by molar-refractivity contribution is 8.07. The van der Waals surface area contributed by atoms with Gasteiger partial charge >= 0.3 is 6.72 Å². The summed E-state index contributed by atoms with van der Waals surface area (Å²) < 4.78 is 60.5. The molecule has 2 amide bonds. The molecule has 6 aromatic rings. The smallest absolute Gasteiger partial charge is 0.327 e. The molecule has 66 heavy (non-hydrogen) atoms. The van der Waals surface area contributed by atoms with Gasteiger partial charge in [-0.3, -0.25) is 29.2 Å². The summed E-state index contributed by atoms with van der Waals surface area (Å²) in [5.41, 5.74) is -0.647. The molecule has 0 aliphatic carbocycles. The first kappa shape index (κ1) is 46.8. The number of aromatic amines is 2. The number of amides is 2. The Hall–Kier alpha value is -5.75. The molecule has 9 atom stereocenters. The highest BCUT2D eigenvalue weighted by Crippen LogP contribution is 2.55. The fourth-order valence-corrected chi connectivity index (χ4v) is 9.51. The van der Waals surface area contributed by atoms with Crippen LogP contribution < -0.4 is 26.1 Å². The molecule has 4 N–H and O–H groups in total. The van der Waals surface area contributed by atoms with Gasteiger partial charge in [-0.05, 0) is 23.9 Å². The lowest BCUT2D eigenvalue weighted by Gasteiger charge is -2.31. The van der Waals surface area contributed by atoms with Gasteiger partial charge in [-0.2, -0.15) is 19.6 Å². The SMILES string of the molecule is CC(C)C(=O)Nc1nc2c(nnn2[C@@H]2O[C@@H]3COP(=S)(OCCC#N)O[C@H]4[C@H](F)[C@H](n5nnc6c(NC(=O)c7ccccc7)ncnc65)O[C@@H]4COP([O-])O[C@H]2C3)c(=O)[nH]1.c1cc[nH+]cc1. The molecule has 0 radical (unpaired) electrons. The number of ether oxygens (including phenoxy) is 2. The number of nitrogens with zero attached hydrogens (tertiary/aromatic N) is 10. The van der Waals surface area contributed by atoms with E-state index < -0.39 is 88.3 Å². The quantitative estimate of drug-likeness (QED) is 0.138. The molecular formula is C37H39FN14O11P2S. The van der Waals surface area contributed by atoms with Crippen molar-refractivity contribution in [1.82, 2.24) is 49.9 Å². The van der Waals surface area contributed by atoms with E-state index in [-0.39, 0.29) is 60.1 Å². The number of halogens is 1. The molecular weight excluding hydrogens is 930 g/mol. The van der Waals surface area contributed by atoms with Crippen molar-refractivity contribution in [3.05, 3.63) is 83.2 Å². The van der Waals surface area contributed by atoms with Crippen LogP contribution in [0.3, 0.4) is 0 Å². The van der Waals surface area contributed by atoms with Crippen molar-refractivity contribution in [2.75, 3.05) is 30.5 Å². The molecule has 2 unspecified atom stereocenters. The van der Waals surface area contributed by atoms with Crippen molar-refractivity contribution < 1.29 is 55.9 Å². The number of nitriles is 1. The van der Waals surface area contributed by atoms with Crippen molar-refractivity contribution in [2.24, 2.45) is 5.92 Å². The third-order valence-electron chi connectivity index (χ3n) is 9.83. The van der Waals surface area contributed by atoms with Gasteiger partial charge in [0.05, 0.1) is 47.0 Å². The molecule has 0 saturated carbocycles. The zero-order chi connectivity index (χ0) is 46.4. The Morgan fingerprint density at radius 1 is 1.05 bits per heavy atom. The number of carbonyl (C=O) groups excluding carboxylic acids is 2. The van der Waals surface area contributed by atoms with Crippen LogP contribution in [-0.4, -0.2) is 112 Å². The molecule has 2 bridgehead atoms. The molecule has 5 aromatic heterocycles. The predicted molar refractivity (Wildman–Crippen MR) is 226 cm³/mol. The number of carbonyl (C=O) groups is 2. The van der Waals surface area contributed by atoms with E-state index in [0.717, 1.165) is 15.7 Å². The van der Waals surface area contributed by atoms with Gasteiger partial charge in [-0.25, -0.2) is 19.3 Å². The Morgan fingerprint density at radius 2 is 1.79 bits per heavy atom. The number of benzene rings is 1. The van der Waals surface area contributed by atoms with Crippen LogP contribution in [-0.2, 0) is 48.7 Å². The van der Waals surface area contributed by atoms with Gasteiger partial charge in [0.15, 0.2) is 59.2 Å². The van der Waals surface area contributed by atoms with E-state index in [9.17, 15) is 24.5 Å². The first-order valence-corrected chi connectivity index (χ1v) is 23.7. The first-order valence-electron chi connectivity index (χ1n) is 20.1. The Morgan fingerprint density at radius 3 is 2.50 bits per heavy atom. The normalized spacial score (nSPS) is 26.5. The van der Waals surface area contributed by atoms with Crippen LogP contribution in [0.5, 0.6) is 0 Å². The maximum Gasteiger partial charge on any atom is 0.327 e. The second kappa shape index (κ2) is 20.8. The summed E-state index contributed by atoms with van der Waals surface area (Å²) in [7, 11) is -3.00. The van der Waals surface area contributed by atoms with Crippen LogP contribution in [0.2, 0.25) is 0 Å². The Bertz CT molecular complexity index is 2780. The van der Waals surface area contributed by atoms with Gasteiger partial charge in [0.1, 0.15) is 24.6 Å². The van der Waals surface area contributed by atoms with Crippen molar-refractivity contribution >= 4 is 73.0 Å². The Labute approximate surface area is 378 Å². The van der Waals surface area contributed by atoms with Gasteiger partial charge in [0, 0.05) is 30.0 Å². The molecule has 3 saturated heterocycles. The second-order valence-electron chi connectivity index (χ2n) is 14.7. The molecule has 0 spiro atoms. The van der Waals surface area contributed by atoms with E-state index in [4.69, 9.17) is 43.9 Å². The van der Waals surface area contributed by atoms with Crippen molar-refractivity contribution in [3.63, 3.8) is 0 Å². The summed E-state index contributed by atoms with van der Waals surface area (Å²) >= 11 is 5.73. The molecule has 3 fully saturated rings. The van der Waals surface area contributed by atoms with Crippen molar-refractivity contribution in [2.45, 2.75) is 69.7 Å². The van der Waals surface area contributed by atoms with Gasteiger partial charge in [-0.15, -0.1) is 10.2 Å². The third-order valence-corrected chi connectivity index (χ3v) is 13.0. The van der Waals surface area contributed by atoms with E-state index in [1.54, 1.807) is 44.2 Å². The summed E-state index contributed by atoms with van der Waals surface area (Å²) in [6, 6.07) is 16.1. The van der Waals surface area contributed by atoms with Gasteiger partial charge < -0.3 is 37.8 Å². The molecule has 3 aliphatic rings. The van der Waals surface area contributed by atoms with Crippen LogP contribution in [0.25, 0.3) is 22.3 Å². The van der Waals surface area contributed by atoms with Crippen LogP contribution in [0.15, 0.2) is 72.0 Å². The first-order chi connectivity index (χ1) is 31.9. The minimum atomic E-state index is -3.96. The Balaban J connectivity index is 0.000000914. The number of hydrogen-bond donors (Lipinski definition) is 3. The number of pyridine rings is 1. The lowest BCUT2D eigenvalue weighted by atomic mass is 10.1. The molecule has 29 heteroatoms. The van der Waals surface area contributed by atoms with Crippen molar-refractivity contribution in [3.8, 4) is 6.07 Å². The number of aromatic nitrogens is 11. The van der Waals surface area contributed by atoms with E-state index in [2.05, 4.69) is 56.2 Å². The minimum Gasteiger partial charge on any atom is -0.786 e. The number of hydrogen-bond acceptors (Lipinski definition) is 20. The van der Waals surface area contributed by atoms with Crippen LogP contribution in [0, 0.1) is 17.2 Å². The summed E-state index contributed by atoms with van der Waals surface area (Å²) in [5, 5.41) is 30.5. The van der Waals surface area contributed by atoms with Gasteiger partial charge in [0.2, 0.25) is 11.9 Å². The molecule has 9 rings (SSSR count). The lowest BCUT2D eigenvalue weighted by molar-refractivity contribution is -0.378. The lowest BCUT2D eigenvalue weighted by Crippen LogP contribution is -2.35. The average Bonchev–Trinajstić information content (AvgIpc) is 4.11. The van der Waals surface area contributed by atoms with Crippen LogP contribution >= 0.6 is 15.3 Å². The molecule has 3 aliphatic heterocycles. The molecule has 346 valence electrons. The summed E-state index contributed by atoms with van der Waals surface area (Å²) in [6.07, 6.45) is -5.07. The van der Waals surface area contributed by atoms with E-state index in [1.165, 1.54) is 0 Å². The third kappa shape index (κ3) is 10.6.